The van der Waals surface area contributed by atoms with Crippen LogP contribution in [0.4, 0.5) is 5.82 Å². The number of aryl methyl sites for hydroxylation is 1. The molecule has 4 rings (SSSR count). The fraction of sp³-hybridized carbons (Fsp3) is 0.500. The van der Waals surface area contributed by atoms with Crippen LogP contribution >= 0.6 is 23.4 Å². The average Bonchev–Trinajstić information content (AvgIpc) is 2.67. The Morgan fingerprint density at radius 1 is 1.30 bits per heavy atom. The molecule has 1 aromatic heterocycles. The molecule has 0 spiro atoms. The molecule has 0 saturated carbocycles. The van der Waals surface area contributed by atoms with Crippen LogP contribution in [0.15, 0.2) is 22.3 Å². The van der Waals surface area contributed by atoms with Crippen molar-refractivity contribution in [2.24, 2.45) is 4.99 Å². The van der Waals surface area contributed by atoms with Gasteiger partial charge >= 0.3 is 0 Å². The number of thioether (sulfide) groups is 1. The predicted octanol–water partition coefficient (Wildman–Crippen LogP) is 2.43. The zero-order chi connectivity index (χ0) is 16.3. The van der Waals surface area contributed by atoms with Gasteiger partial charge in [0, 0.05) is 37.3 Å². The number of fused-ring (bicyclic) bond motifs is 2. The van der Waals surface area contributed by atoms with E-state index >= 15 is 0 Å². The topological polar surface area (TPSA) is 35.0 Å². The van der Waals surface area contributed by atoms with Gasteiger partial charge < -0.3 is 14.7 Å². The minimum atomic E-state index is 0.435. The molecule has 0 bridgehead atoms. The second-order valence-corrected chi connectivity index (χ2v) is 7.78. The van der Waals surface area contributed by atoms with E-state index in [1.165, 1.54) is 0 Å². The molecule has 1 fully saturated rings. The van der Waals surface area contributed by atoms with Gasteiger partial charge in [-0.3, -0.25) is 0 Å². The number of nitrogens with zero attached hydrogens (tertiary/aromatic N) is 5. The van der Waals surface area contributed by atoms with Gasteiger partial charge in [0.25, 0.3) is 0 Å². The summed E-state index contributed by atoms with van der Waals surface area (Å²) in [6, 6.07) is 0.435. The Balaban J connectivity index is 1.94. The fourth-order valence-electron chi connectivity index (χ4n) is 3.41. The summed E-state index contributed by atoms with van der Waals surface area (Å²) in [6.45, 7) is 9.13. The number of likely N-dealkylation sites (N-methyl/N-ethyl adjacent to an activating group) is 1. The Morgan fingerprint density at radius 3 is 2.87 bits per heavy atom. The lowest BCUT2D eigenvalue weighted by molar-refractivity contribution is 0.165. The number of aliphatic imine (C=N–C) groups is 1. The molecule has 23 heavy (non-hydrogen) atoms. The number of pyridine rings is 1. The SMILES string of the molecule is C=C1N=C2c3c(nc(C)c(Cl)c3SCC3CN(C)CCN23)N1C. The van der Waals surface area contributed by atoms with E-state index in [1.54, 1.807) is 0 Å². The van der Waals surface area contributed by atoms with Crippen molar-refractivity contribution in [3.05, 3.63) is 28.7 Å². The smallest absolute Gasteiger partial charge is 0.146 e. The Kier molecular flexibility index (Phi) is 3.59. The molecule has 4 heterocycles. The van der Waals surface area contributed by atoms with Crippen molar-refractivity contribution in [3.8, 4) is 0 Å². The number of hydrogen-bond acceptors (Lipinski definition) is 6. The van der Waals surface area contributed by atoms with Crippen LogP contribution in [0.1, 0.15) is 11.3 Å². The van der Waals surface area contributed by atoms with Crippen LogP contribution in [0.2, 0.25) is 5.02 Å². The molecule has 0 radical (unpaired) electrons. The summed E-state index contributed by atoms with van der Waals surface area (Å²) in [5, 5.41) is 0.760. The summed E-state index contributed by atoms with van der Waals surface area (Å²) in [5.41, 5.74) is 1.94. The first-order chi connectivity index (χ1) is 11.0. The standard InChI is InChI=1S/C16H20ClN5S/c1-9-13(17)14-12-15(18-9)21(4)10(2)19-16(12)22-6-5-20(3)7-11(22)8-23-14/h11H,2,5-8H2,1,3-4H3. The predicted molar refractivity (Wildman–Crippen MR) is 96.8 cm³/mol. The third kappa shape index (κ3) is 2.27. The maximum absolute atomic E-state index is 6.60. The molecule has 0 aromatic carbocycles. The molecule has 1 saturated heterocycles. The van der Waals surface area contributed by atoms with Gasteiger partial charge in [-0.2, -0.15) is 0 Å². The zero-order valence-electron chi connectivity index (χ0n) is 13.6. The van der Waals surface area contributed by atoms with Gasteiger partial charge in [0.15, 0.2) is 0 Å². The summed E-state index contributed by atoms with van der Waals surface area (Å²) in [7, 11) is 4.15. The quantitative estimate of drug-likeness (QED) is 0.718. The zero-order valence-corrected chi connectivity index (χ0v) is 15.2. The third-order valence-corrected chi connectivity index (χ3v) is 6.61. The van der Waals surface area contributed by atoms with E-state index in [0.29, 0.717) is 6.04 Å². The molecule has 0 amide bonds. The van der Waals surface area contributed by atoms with Crippen molar-refractivity contribution in [2.75, 3.05) is 44.4 Å². The summed E-state index contributed by atoms with van der Waals surface area (Å²) >= 11 is 8.44. The van der Waals surface area contributed by atoms with Crippen LogP contribution in [-0.2, 0) is 0 Å². The Hall–Kier alpha value is -1.24. The van der Waals surface area contributed by atoms with Crippen LogP contribution in [0.5, 0.6) is 0 Å². The Bertz CT molecular complexity index is 732. The second kappa shape index (κ2) is 5.40. The molecular formula is C16H20ClN5S. The fourth-order valence-corrected chi connectivity index (χ4v) is 4.96. The molecule has 0 aliphatic carbocycles. The van der Waals surface area contributed by atoms with E-state index in [-0.39, 0.29) is 0 Å². The number of aromatic nitrogens is 1. The van der Waals surface area contributed by atoms with Crippen molar-refractivity contribution in [2.45, 2.75) is 17.9 Å². The van der Waals surface area contributed by atoms with Crippen molar-refractivity contribution >= 4 is 35.0 Å². The number of amidine groups is 1. The first kappa shape index (κ1) is 15.3. The number of hydrogen-bond donors (Lipinski definition) is 0. The van der Waals surface area contributed by atoms with Crippen molar-refractivity contribution < 1.29 is 0 Å². The number of piperazine rings is 1. The normalized spacial score (nSPS) is 24.1. The maximum Gasteiger partial charge on any atom is 0.146 e. The maximum atomic E-state index is 6.60. The molecule has 1 aromatic rings. The minimum Gasteiger partial charge on any atom is -0.349 e. The van der Waals surface area contributed by atoms with Gasteiger partial charge in [0.2, 0.25) is 0 Å². The summed E-state index contributed by atoms with van der Waals surface area (Å²) in [6.07, 6.45) is 0. The van der Waals surface area contributed by atoms with Gasteiger partial charge in [-0.25, -0.2) is 9.98 Å². The molecular weight excluding hydrogens is 330 g/mol. The van der Waals surface area contributed by atoms with E-state index in [9.17, 15) is 0 Å². The highest BCUT2D eigenvalue weighted by atomic mass is 35.5. The lowest BCUT2D eigenvalue weighted by Crippen LogP contribution is -2.55. The first-order valence-corrected chi connectivity index (χ1v) is 9.13. The van der Waals surface area contributed by atoms with E-state index in [0.717, 1.165) is 64.0 Å². The third-order valence-electron chi connectivity index (χ3n) is 4.78. The Labute approximate surface area is 146 Å². The minimum absolute atomic E-state index is 0.435. The van der Waals surface area contributed by atoms with Gasteiger partial charge in [0.05, 0.1) is 22.3 Å². The number of anilines is 1. The van der Waals surface area contributed by atoms with Crippen LogP contribution in [-0.4, -0.2) is 66.1 Å². The van der Waals surface area contributed by atoms with Crippen LogP contribution in [0.25, 0.3) is 0 Å². The molecule has 122 valence electrons. The highest BCUT2D eigenvalue weighted by molar-refractivity contribution is 7.99. The lowest BCUT2D eigenvalue weighted by atomic mass is 10.1. The van der Waals surface area contributed by atoms with E-state index < -0.39 is 0 Å². The molecule has 3 aliphatic heterocycles. The van der Waals surface area contributed by atoms with E-state index in [2.05, 4.69) is 23.4 Å². The Morgan fingerprint density at radius 2 is 2.09 bits per heavy atom. The molecule has 5 nitrogen and oxygen atoms in total. The molecule has 7 heteroatoms. The molecule has 3 aliphatic rings. The monoisotopic (exact) mass is 349 g/mol. The highest BCUT2D eigenvalue weighted by Gasteiger charge is 2.38. The average molecular weight is 350 g/mol. The van der Waals surface area contributed by atoms with Crippen molar-refractivity contribution in [1.82, 2.24) is 14.8 Å². The van der Waals surface area contributed by atoms with E-state index in [1.807, 2.05) is 30.6 Å². The largest absolute Gasteiger partial charge is 0.349 e. The summed E-state index contributed by atoms with van der Waals surface area (Å²) in [5.74, 6) is 3.66. The molecule has 1 unspecified atom stereocenters. The summed E-state index contributed by atoms with van der Waals surface area (Å²) < 4.78 is 0. The van der Waals surface area contributed by atoms with Gasteiger partial charge in [-0.15, -0.1) is 11.8 Å². The molecule has 1 atom stereocenters. The van der Waals surface area contributed by atoms with Gasteiger partial charge in [-0.05, 0) is 14.0 Å². The summed E-state index contributed by atoms with van der Waals surface area (Å²) in [4.78, 5) is 17.4. The van der Waals surface area contributed by atoms with Gasteiger partial charge in [0.1, 0.15) is 17.5 Å². The van der Waals surface area contributed by atoms with Crippen LogP contribution in [0, 0.1) is 6.92 Å². The van der Waals surface area contributed by atoms with Crippen LogP contribution in [0.3, 0.4) is 0 Å². The first-order valence-electron chi connectivity index (χ1n) is 7.77. The van der Waals surface area contributed by atoms with Crippen LogP contribution < -0.4 is 4.90 Å². The number of rotatable bonds is 0. The lowest BCUT2D eigenvalue weighted by Gasteiger charge is -2.42. The van der Waals surface area contributed by atoms with Crippen molar-refractivity contribution in [1.29, 1.82) is 0 Å². The molecule has 0 N–H and O–H groups in total. The second-order valence-electron chi connectivity index (χ2n) is 6.37. The number of halogens is 1. The van der Waals surface area contributed by atoms with E-state index in [4.69, 9.17) is 21.6 Å². The highest BCUT2D eigenvalue weighted by Crippen LogP contribution is 2.43. The van der Waals surface area contributed by atoms with Crippen molar-refractivity contribution in [3.63, 3.8) is 0 Å². The van der Waals surface area contributed by atoms with Gasteiger partial charge in [-0.1, -0.05) is 18.2 Å².